The van der Waals surface area contributed by atoms with Gasteiger partial charge in [-0.2, -0.15) is 0 Å². The lowest BCUT2D eigenvalue weighted by Gasteiger charge is -2.34. The quantitative estimate of drug-likeness (QED) is 0.468. The van der Waals surface area contributed by atoms with Gasteiger partial charge in [-0.25, -0.2) is 4.79 Å². The molecule has 0 spiro atoms. The van der Waals surface area contributed by atoms with Gasteiger partial charge in [0.25, 0.3) is 0 Å². The second-order valence-electron chi connectivity index (χ2n) is 9.43. The van der Waals surface area contributed by atoms with Crippen molar-refractivity contribution in [2.24, 2.45) is 5.41 Å². The van der Waals surface area contributed by atoms with E-state index in [9.17, 15) is 19.8 Å². The molecule has 31 heavy (non-hydrogen) atoms. The Morgan fingerprint density at radius 1 is 1.23 bits per heavy atom. The molecule has 1 aliphatic carbocycles. The number of ketones is 1. The first-order chi connectivity index (χ1) is 14.6. The van der Waals surface area contributed by atoms with Crippen molar-refractivity contribution >= 4 is 11.8 Å². The van der Waals surface area contributed by atoms with Crippen molar-refractivity contribution in [3.05, 3.63) is 46.1 Å². The number of esters is 1. The highest BCUT2D eigenvalue weighted by Gasteiger charge is 2.34. The smallest absolute Gasteiger partial charge is 0.333 e. The summed E-state index contributed by atoms with van der Waals surface area (Å²) < 4.78 is 10.3. The Hall–Kier alpha value is -2.02. The van der Waals surface area contributed by atoms with E-state index >= 15 is 0 Å². The summed E-state index contributed by atoms with van der Waals surface area (Å²) >= 11 is 0. The fraction of sp³-hybridized carbons (Fsp3) is 0.600. The Morgan fingerprint density at radius 2 is 1.97 bits per heavy atom. The Labute approximate surface area is 184 Å². The molecule has 0 saturated heterocycles. The minimum absolute atomic E-state index is 0.0845. The molecule has 170 valence electrons. The Bertz CT molecular complexity index is 857. The molecule has 2 aliphatic heterocycles. The molecule has 2 N–H and O–H groups in total. The molecule has 3 unspecified atom stereocenters. The second kappa shape index (κ2) is 9.63. The number of carbonyl (C=O) groups is 2. The van der Waals surface area contributed by atoms with Crippen molar-refractivity contribution in [3.8, 4) is 0 Å². The van der Waals surface area contributed by atoms with Crippen LogP contribution in [0.3, 0.4) is 0 Å². The largest absolute Gasteiger partial charge is 0.429 e. The van der Waals surface area contributed by atoms with Crippen LogP contribution in [0.4, 0.5) is 0 Å². The van der Waals surface area contributed by atoms with E-state index in [4.69, 9.17) is 4.74 Å². The second-order valence-corrected chi connectivity index (χ2v) is 9.43. The summed E-state index contributed by atoms with van der Waals surface area (Å²) in [5.41, 5.74) is 4.74. The van der Waals surface area contributed by atoms with E-state index in [-0.39, 0.29) is 11.2 Å². The lowest BCUT2D eigenvalue weighted by Crippen LogP contribution is -2.32. The van der Waals surface area contributed by atoms with Crippen molar-refractivity contribution < 1.29 is 29.3 Å². The van der Waals surface area contributed by atoms with E-state index in [1.807, 2.05) is 13.0 Å². The van der Waals surface area contributed by atoms with Gasteiger partial charge in [0.2, 0.25) is 6.29 Å². The molecule has 0 aromatic rings. The summed E-state index contributed by atoms with van der Waals surface area (Å²) in [6, 6.07) is 0. The van der Waals surface area contributed by atoms with Crippen LogP contribution < -0.4 is 0 Å². The number of hydrogen-bond acceptors (Lipinski definition) is 6. The normalized spacial score (nSPS) is 29.1. The number of allylic oxidation sites excluding steroid dienone is 4. The van der Waals surface area contributed by atoms with Gasteiger partial charge in [-0.3, -0.25) is 4.79 Å². The summed E-state index contributed by atoms with van der Waals surface area (Å²) in [5.74, 6) is -0.313. The SMILES string of the molecule is CC(=CCCC1=CCC(C2=CC(=O)OC2O)OC1O)CCC1=C(C)C(=O)CCC1(C)C. The van der Waals surface area contributed by atoms with Gasteiger partial charge in [0.1, 0.15) is 0 Å². The van der Waals surface area contributed by atoms with Gasteiger partial charge < -0.3 is 19.7 Å². The number of hydrogen-bond donors (Lipinski definition) is 2. The number of ether oxygens (including phenoxy) is 2. The van der Waals surface area contributed by atoms with Crippen LogP contribution in [-0.2, 0) is 19.1 Å². The molecule has 2 heterocycles. The van der Waals surface area contributed by atoms with Gasteiger partial charge in [-0.05, 0) is 68.9 Å². The third kappa shape index (κ3) is 5.62. The Balaban J connectivity index is 1.51. The lowest BCUT2D eigenvalue weighted by atomic mass is 9.70. The monoisotopic (exact) mass is 430 g/mol. The van der Waals surface area contributed by atoms with Crippen molar-refractivity contribution in [1.82, 2.24) is 0 Å². The molecule has 3 aliphatic rings. The summed E-state index contributed by atoms with van der Waals surface area (Å²) in [7, 11) is 0. The lowest BCUT2D eigenvalue weighted by molar-refractivity contribution is -0.155. The van der Waals surface area contributed by atoms with Crippen molar-refractivity contribution in [2.75, 3.05) is 0 Å². The fourth-order valence-corrected chi connectivity index (χ4v) is 4.65. The van der Waals surface area contributed by atoms with E-state index in [2.05, 4.69) is 31.6 Å². The molecule has 0 amide bonds. The number of Topliss-reactive ketones (excluding diaryl/α,β-unsaturated/α-hetero) is 1. The predicted molar refractivity (Wildman–Crippen MR) is 117 cm³/mol. The van der Waals surface area contributed by atoms with E-state index in [1.165, 1.54) is 17.2 Å². The number of carbonyl (C=O) groups excluding carboxylic acids is 2. The van der Waals surface area contributed by atoms with Gasteiger partial charge >= 0.3 is 5.97 Å². The van der Waals surface area contributed by atoms with E-state index in [0.29, 0.717) is 24.8 Å². The minimum Gasteiger partial charge on any atom is -0.429 e. The topological polar surface area (TPSA) is 93.1 Å². The van der Waals surface area contributed by atoms with Crippen molar-refractivity contribution in [3.63, 3.8) is 0 Å². The first-order valence-corrected chi connectivity index (χ1v) is 11.1. The third-order valence-corrected chi connectivity index (χ3v) is 6.73. The molecular weight excluding hydrogens is 396 g/mol. The zero-order valence-electron chi connectivity index (χ0n) is 18.9. The standard InChI is InChI=1S/C25H34O6/c1-15(8-10-19-16(2)20(26)12-13-25(19,3)4)6-5-7-17-9-11-21(30-23(17)28)18-14-22(27)31-24(18)29/h6,9,14,21,23-24,28-29H,5,7-8,10-13H2,1-4H3. The molecule has 6 nitrogen and oxygen atoms in total. The van der Waals surface area contributed by atoms with Gasteiger partial charge in [0.05, 0.1) is 6.10 Å². The summed E-state index contributed by atoms with van der Waals surface area (Å²) in [5, 5.41) is 20.1. The van der Waals surface area contributed by atoms with Crippen molar-refractivity contribution in [2.45, 2.75) is 91.3 Å². The molecule has 0 aromatic heterocycles. The highest BCUT2D eigenvalue weighted by atomic mass is 16.6. The van der Waals surface area contributed by atoms with Gasteiger partial charge in [0.15, 0.2) is 12.1 Å². The zero-order valence-corrected chi connectivity index (χ0v) is 18.9. The average Bonchev–Trinajstić information content (AvgIpc) is 3.04. The van der Waals surface area contributed by atoms with Crippen LogP contribution in [0.5, 0.6) is 0 Å². The Morgan fingerprint density at radius 3 is 2.61 bits per heavy atom. The first-order valence-electron chi connectivity index (χ1n) is 11.1. The van der Waals surface area contributed by atoms with Crippen LogP contribution in [0.1, 0.15) is 72.6 Å². The molecular formula is C25H34O6. The van der Waals surface area contributed by atoms with E-state index < -0.39 is 24.7 Å². The number of cyclic esters (lactones) is 1. The Kier molecular flexibility index (Phi) is 7.35. The molecule has 0 bridgehead atoms. The summed E-state index contributed by atoms with van der Waals surface area (Å²) in [6.07, 6.45) is 7.75. The van der Waals surface area contributed by atoms with Crippen LogP contribution in [0.2, 0.25) is 0 Å². The number of aliphatic hydroxyl groups excluding tert-OH is 2. The summed E-state index contributed by atoms with van der Waals surface area (Å²) in [6.45, 7) is 8.52. The fourth-order valence-electron chi connectivity index (χ4n) is 4.65. The highest BCUT2D eigenvalue weighted by Crippen LogP contribution is 2.41. The number of rotatable bonds is 7. The molecule has 0 fully saturated rings. The van der Waals surface area contributed by atoms with Crippen LogP contribution in [0, 0.1) is 5.41 Å². The van der Waals surface area contributed by atoms with E-state index in [1.54, 1.807) is 0 Å². The average molecular weight is 431 g/mol. The summed E-state index contributed by atoms with van der Waals surface area (Å²) in [4.78, 5) is 23.4. The van der Waals surface area contributed by atoms with Crippen LogP contribution in [-0.4, -0.2) is 40.6 Å². The van der Waals surface area contributed by atoms with Gasteiger partial charge in [0, 0.05) is 18.1 Å². The van der Waals surface area contributed by atoms with Crippen LogP contribution >= 0.6 is 0 Å². The maximum absolute atomic E-state index is 12.1. The number of aliphatic hydroxyl groups is 2. The predicted octanol–water partition coefficient (Wildman–Crippen LogP) is 4.03. The molecule has 3 atom stereocenters. The third-order valence-electron chi connectivity index (χ3n) is 6.73. The molecule has 6 heteroatoms. The van der Waals surface area contributed by atoms with Crippen LogP contribution in [0.15, 0.2) is 46.1 Å². The van der Waals surface area contributed by atoms with Crippen molar-refractivity contribution in [1.29, 1.82) is 0 Å². The molecule has 3 rings (SSSR count). The first kappa shape index (κ1) is 23.6. The molecule has 0 saturated carbocycles. The molecule has 0 radical (unpaired) electrons. The van der Waals surface area contributed by atoms with Crippen LogP contribution in [0.25, 0.3) is 0 Å². The highest BCUT2D eigenvalue weighted by molar-refractivity contribution is 5.96. The van der Waals surface area contributed by atoms with Gasteiger partial charge in [-0.1, -0.05) is 37.1 Å². The maximum Gasteiger partial charge on any atom is 0.333 e. The maximum atomic E-state index is 12.1. The van der Waals surface area contributed by atoms with E-state index in [0.717, 1.165) is 36.8 Å². The minimum atomic E-state index is -1.30. The van der Waals surface area contributed by atoms with Gasteiger partial charge in [-0.15, -0.1) is 0 Å². The zero-order chi connectivity index (χ0) is 22.8. The molecule has 0 aromatic carbocycles.